The van der Waals surface area contributed by atoms with Crippen molar-refractivity contribution in [2.24, 2.45) is 0 Å². The van der Waals surface area contributed by atoms with Crippen LogP contribution in [0.3, 0.4) is 0 Å². The van der Waals surface area contributed by atoms with Crippen LogP contribution in [0.1, 0.15) is 51.6 Å². The number of amides is 1. The van der Waals surface area contributed by atoms with Crippen molar-refractivity contribution >= 4 is 16.9 Å². The molecular formula is C21H22N4O3. The van der Waals surface area contributed by atoms with Gasteiger partial charge in [0, 0.05) is 6.54 Å². The maximum absolute atomic E-state index is 13.3. The maximum atomic E-state index is 13.3. The number of nitrogens with zero attached hydrogens (tertiary/aromatic N) is 2. The number of hydrogen-bond donors (Lipinski definition) is 2. The molecule has 7 nitrogen and oxygen atoms in total. The van der Waals surface area contributed by atoms with E-state index in [1.165, 1.54) is 16.7 Å². The first-order valence-corrected chi connectivity index (χ1v) is 9.38. The number of carbonyl (C=O) groups excluding carboxylic acids is 1. The lowest BCUT2D eigenvalue weighted by Gasteiger charge is -2.27. The largest absolute Gasteiger partial charge is 0.330 e. The van der Waals surface area contributed by atoms with Crippen molar-refractivity contribution < 1.29 is 4.79 Å². The van der Waals surface area contributed by atoms with Crippen LogP contribution in [-0.2, 0) is 0 Å². The number of nitrogens with one attached hydrogen (secondary N) is 2. The molecule has 3 aromatic rings. The van der Waals surface area contributed by atoms with Crippen LogP contribution < -0.4 is 11.2 Å². The molecule has 144 valence electrons. The Morgan fingerprint density at radius 3 is 2.54 bits per heavy atom. The standard InChI is InChI=1S/C21H22N4O3/c1-11-6-4-7-12(2)16(11)15-8-5-9-25(15)20(27)14-10-13(3)17-18(22-14)23-21(28)24-19(17)26/h4,6-7,10,15H,5,8-9H2,1-3H3,(H2,22,23,24,26,28). The van der Waals surface area contributed by atoms with Crippen LogP contribution in [0.25, 0.3) is 11.0 Å². The number of aromatic nitrogens is 3. The number of likely N-dealkylation sites (tertiary alicyclic amines) is 1. The molecule has 1 aromatic carbocycles. The lowest BCUT2D eigenvalue weighted by Crippen LogP contribution is -2.32. The van der Waals surface area contributed by atoms with Crippen LogP contribution in [-0.4, -0.2) is 32.3 Å². The molecule has 2 N–H and O–H groups in total. The van der Waals surface area contributed by atoms with E-state index in [1.54, 1.807) is 13.0 Å². The summed E-state index contributed by atoms with van der Waals surface area (Å²) in [5.74, 6) is -0.184. The monoisotopic (exact) mass is 378 g/mol. The predicted molar refractivity (Wildman–Crippen MR) is 107 cm³/mol. The van der Waals surface area contributed by atoms with Gasteiger partial charge in [-0.2, -0.15) is 0 Å². The number of benzene rings is 1. The minimum absolute atomic E-state index is 0.00438. The van der Waals surface area contributed by atoms with Gasteiger partial charge in [-0.25, -0.2) is 9.78 Å². The zero-order valence-corrected chi connectivity index (χ0v) is 16.1. The second-order valence-electron chi connectivity index (χ2n) is 7.42. The van der Waals surface area contributed by atoms with Crippen LogP contribution in [0.4, 0.5) is 0 Å². The number of carbonyl (C=O) groups is 1. The average Bonchev–Trinajstić information content (AvgIpc) is 3.09. The second kappa shape index (κ2) is 6.74. The van der Waals surface area contributed by atoms with Crippen molar-refractivity contribution in [3.8, 4) is 0 Å². The summed E-state index contributed by atoms with van der Waals surface area (Å²) in [5, 5.41) is 0.295. The molecule has 1 fully saturated rings. The van der Waals surface area contributed by atoms with Gasteiger partial charge in [-0.3, -0.25) is 19.6 Å². The summed E-state index contributed by atoms with van der Waals surface area (Å²) >= 11 is 0. The predicted octanol–water partition coefficient (Wildman–Crippen LogP) is 2.51. The van der Waals surface area contributed by atoms with E-state index in [0.29, 0.717) is 17.5 Å². The van der Waals surface area contributed by atoms with E-state index in [0.717, 1.165) is 12.8 Å². The van der Waals surface area contributed by atoms with Crippen LogP contribution in [0.5, 0.6) is 0 Å². The lowest BCUT2D eigenvalue weighted by atomic mass is 9.94. The van der Waals surface area contributed by atoms with Gasteiger partial charge in [0.05, 0.1) is 11.4 Å². The highest BCUT2D eigenvalue weighted by molar-refractivity contribution is 5.95. The van der Waals surface area contributed by atoms with E-state index >= 15 is 0 Å². The molecule has 4 rings (SSSR count). The quantitative estimate of drug-likeness (QED) is 0.716. The molecule has 1 aliphatic rings. The van der Waals surface area contributed by atoms with Gasteiger partial charge >= 0.3 is 5.69 Å². The lowest BCUT2D eigenvalue weighted by molar-refractivity contribution is 0.0729. The molecule has 0 spiro atoms. The molecule has 28 heavy (non-hydrogen) atoms. The molecule has 1 saturated heterocycles. The molecule has 1 unspecified atom stereocenters. The van der Waals surface area contributed by atoms with Gasteiger partial charge in [-0.15, -0.1) is 0 Å². The normalized spacial score (nSPS) is 16.7. The number of H-pyrrole nitrogens is 2. The van der Waals surface area contributed by atoms with Gasteiger partial charge in [0.1, 0.15) is 11.3 Å². The van der Waals surface area contributed by atoms with Crippen LogP contribution in [0.2, 0.25) is 0 Å². The van der Waals surface area contributed by atoms with Crippen molar-refractivity contribution in [1.29, 1.82) is 0 Å². The van der Waals surface area contributed by atoms with Crippen molar-refractivity contribution in [2.45, 2.75) is 39.7 Å². The SMILES string of the molecule is Cc1cccc(C)c1C1CCCN1C(=O)c1cc(C)c2c(=O)[nH]c(=O)[nH]c2n1. The Bertz CT molecular complexity index is 1190. The third-order valence-corrected chi connectivity index (χ3v) is 5.51. The number of rotatable bonds is 2. The first kappa shape index (κ1) is 18.2. The second-order valence-corrected chi connectivity index (χ2v) is 7.42. The maximum Gasteiger partial charge on any atom is 0.327 e. The Kier molecular flexibility index (Phi) is 4.37. The topological polar surface area (TPSA) is 98.9 Å². The van der Waals surface area contributed by atoms with E-state index in [9.17, 15) is 14.4 Å². The number of fused-ring (bicyclic) bond motifs is 1. The molecule has 0 saturated carbocycles. The first-order valence-electron chi connectivity index (χ1n) is 9.38. The number of aryl methyl sites for hydroxylation is 3. The smallest absolute Gasteiger partial charge is 0.327 e. The third kappa shape index (κ3) is 2.93. The summed E-state index contributed by atoms with van der Waals surface area (Å²) in [6.07, 6.45) is 1.83. The average molecular weight is 378 g/mol. The van der Waals surface area contributed by atoms with E-state index in [2.05, 4.69) is 40.9 Å². The minimum atomic E-state index is -0.636. The fraction of sp³-hybridized carbons (Fsp3) is 0.333. The highest BCUT2D eigenvalue weighted by atomic mass is 16.2. The fourth-order valence-electron chi connectivity index (χ4n) is 4.27. The summed E-state index contributed by atoms with van der Waals surface area (Å²) in [5.41, 5.74) is 3.38. The van der Waals surface area contributed by atoms with Crippen LogP contribution >= 0.6 is 0 Å². The van der Waals surface area contributed by atoms with Gasteiger partial charge in [0.2, 0.25) is 0 Å². The highest BCUT2D eigenvalue weighted by Crippen LogP contribution is 2.36. The minimum Gasteiger partial charge on any atom is -0.330 e. The van der Waals surface area contributed by atoms with Crippen molar-refractivity contribution in [1.82, 2.24) is 19.9 Å². The molecule has 3 heterocycles. The molecule has 0 bridgehead atoms. The molecule has 1 amide bonds. The summed E-state index contributed by atoms with van der Waals surface area (Å²) < 4.78 is 0. The Morgan fingerprint density at radius 2 is 1.82 bits per heavy atom. The summed E-state index contributed by atoms with van der Waals surface area (Å²) in [4.78, 5) is 47.9. The molecule has 0 aliphatic carbocycles. The zero-order chi connectivity index (χ0) is 20.0. The molecule has 0 radical (unpaired) electrons. The first-order chi connectivity index (χ1) is 13.4. The summed E-state index contributed by atoms with van der Waals surface area (Å²) in [6, 6.07) is 7.79. The zero-order valence-electron chi connectivity index (χ0n) is 16.1. The Labute approximate surface area is 161 Å². The Morgan fingerprint density at radius 1 is 1.11 bits per heavy atom. The van der Waals surface area contributed by atoms with E-state index < -0.39 is 11.2 Å². The van der Waals surface area contributed by atoms with E-state index in [-0.39, 0.29) is 23.3 Å². The summed E-state index contributed by atoms with van der Waals surface area (Å²) in [6.45, 7) is 6.53. The van der Waals surface area contributed by atoms with Crippen molar-refractivity contribution in [3.63, 3.8) is 0 Å². The highest BCUT2D eigenvalue weighted by Gasteiger charge is 2.33. The van der Waals surface area contributed by atoms with Gasteiger partial charge < -0.3 is 4.90 Å². The molecule has 7 heteroatoms. The molecule has 1 aliphatic heterocycles. The van der Waals surface area contributed by atoms with Crippen molar-refractivity contribution in [3.05, 3.63) is 73.1 Å². The van der Waals surface area contributed by atoms with Crippen LogP contribution in [0, 0.1) is 20.8 Å². The molecular weight excluding hydrogens is 356 g/mol. The van der Waals surface area contributed by atoms with Crippen molar-refractivity contribution in [2.75, 3.05) is 6.54 Å². The molecule has 2 aromatic heterocycles. The van der Waals surface area contributed by atoms with Gasteiger partial charge in [-0.1, -0.05) is 18.2 Å². The number of pyridine rings is 1. The van der Waals surface area contributed by atoms with Gasteiger partial charge in [0.25, 0.3) is 11.5 Å². The number of hydrogen-bond acceptors (Lipinski definition) is 4. The number of aromatic amines is 2. The Hall–Kier alpha value is -3.22. The van der Waals surface area contributed by atoms with E-state index in [1.807, 2.05) is 11.0 Å². The van der Waals surface area contributed by atoms with Gasteiger partial charge in [-0.05, 0) is 61.9 Å². The summed E-state index contributed by atoms with van der Waals surface area (Å²) in [7, 11) is 0. The molecule has 1 atom stereocenters. The van der Waals surface area contributed by atoms with Gasteiger partial charge in [0.15, 0.2) is 0 Å². The third-order valence-electron chi connectivity index (χ3n) is 5.51. The van der Waals surface area contributed by atoms with Crippen LogP contribution in [0.15, 0.2) is 33.9 Å². The fourth-order valence-corrected chi connectivity index (χ4v) is 4.27. The Balaban J connectivity index is 1.79. The van der Waals surface area contributed by atoms with E-state index in [4.69, 9.17) is 0 Å².